The topological polar surface area (TPSA) is 57.6 Å². The zero-order chi connectivity index (χ0) is 10.8. The molecule has 1 rings (SSSR count). The van der Waals surface area contributed by atoms with Gasteiger partial charge in [-0.05, 0) is 12.8 Å². The van der Waals surface area contributed by atoms with E-state index in [0.29, 0.717) is 13.1 Å². The quantitative estimate of drug-likeness (QED) is 0.717. The van der Waals surface area contributed by atoms with Crippen LogP contribution in [0.1, 0.15) is 19.8 Å². The highest BCUT2D eigenvalue weighted by atomic mass is 19.1. The number of carbonyl (C=O) groups is 2. The second-order valence-electron chi connectivity index (χ2n) is 3.73. The first kappa shape index (κ1) is 10.9. The first-order valence-corrected chi connectivity index (χ1v) is 4.57. The number of piperidine rings is 1. The normalized spacial score (nSPS) is 20.6. The van der Waals surface area contributed by atoms with Crippen LogP contribution in [0.5, 0.6) is 0 Å². The summed E-state index contributed by atoms with van der Waals surface area (Å²) in [7, 11) is 0. The molecule has 0 aromatic heterocycles. The Morgan fingerprint density at radius 2 is 1.93 bits per heavy atom. The second kappa shape index (κ2) is 3.94. The van der Waals surface area contributed by atoms with Gasteiger partial charge in [-0.25, -0.2) is 4.39 Å². The maximum Gasteiger partial charge on any atom is 0.312 e. The summed E-state index contributed by atoms with van der Waals surface area (Å²) in [4.78, 5) is 23.3. The molecule has 1 amide bonds. The number of carboxylic acid groups (broad SMARTS) is 1. The number of aliphatic carboxylic acids is 1. The number of carbonyl (C=O) groups excluding carboxylic acids is 1. The van der Waals surface area contributed by atoms with Crippen molar-refractivity contribution in [3.63, 3.8) is 0 Å². The van der Waals surface area contributed by atoms with Gasteiger partial charge in [-0.3, -0.25) is 9.59 Å². The maximum absolute atomic E-state index is 12.6. The fraction of sp³-hybridized carbons (Fsp3) is 0.778. The number of alkyl halides is 1. The van der Waals surface area contributed by atoms with Crippen LogP contribution in [0.3, 0.4) is 0 Å². The molecule has 1 saturated heterocycles. The number of halogens is 1. The third-order valence-corrected chi connectivity index (χ3v) is 2.88. The highest BCUT2D eigenvalue weighted by Gasteiger charge is 2.42. The molecule has 1 fully saturated rings. The summed E-state index contributed by atoms with van der Waals surface area (Å²) in [5, 5.41) is 8.87. The second-order valence-corrected chi connectivity index (χ2v) is 3.73. The lowest BCUT2D eigenvalue weighted by Crippen LogP contribution is -2.47. The maximum atomic E-state index is 12.6. The molecule has 0 spiro atoms. The lowest BCUT2D eigenvalue weighted by Gasteiger charge is -2.36. The zero-order valence-electron chi connectivity index (χ0n) is 8.12. The van der Waals surface area contributed by atoms with Crippen molar-refractivity contribution in [1.29, 1.82) is 0 Å². The van der Waals surface area contributed by atoms with Crippen LogP contribution >= 0.6 is 0 Å². The molecule has 1 aliphatic heterocycles. The van der Waals surface area contributed by atoms with Gasteiger partial charge in [-0.2, -0.15) is 0 Å². The van der Waals surface area contributed by atoms with Gasteiger partial charge in [-0.1, -0.05) is 0 Å². The molecule has 0 unspecified atom stereocenters. The minimum absolute atomic E-state index is 0.0807. The Morgan fingerprint density at radius 3 is 2.21 bits per heavy atom. The summed E-state index contributed by atoms with van der Waals surface area (Å²) in [6.07, 6.45) is 0.414. The number of hydrogen-bond donors (Lipinski definition) is 1. The minimum Gasteiger partial charge on any atom is -0.481 e. The molecular weight excluding hydrogens is 189 g/mol. The fourth-order valence-corrected chi connectivity index (χ4v) is 1.65. The van der Waals surface area contributed by atoms with Crippen LogP contribution < -0.4 is 0 Å². The van der Waals surface area contributed by atoms with Gasteiger partial charge in [0.1, 0.15) is 6.67 Å². The summed E-state index contributed by atoms with van der Waals surface area (Å²) < 4.78 is 12.6. The van der Waals surface area contributed by atoms with Crippen LogP contribution in [-0.4, -0.2) is 41.6 Å². The van der Waals surface area contributed by atoms with Gasteiger partial charge in [-0.15, -0.1) is 0 Å². The van der Waals surface area contributed by atoms with E-state index in [2.05, 4.69) is 0 Å². The summed E-state index contributed by atoms with van der Waals surface area (Å²) in [6, 6.07) is 0. The van der Waals surface area contributed by atoms with Crippen molar-refractivity contribution in [2.45, 2.75) is 19.8 Å². The molecular formula is C9H14FNO3. The number of amides is 1. The van der Waals surface area contributed by atoms with Crippen LogP contribution in [0.2, 0.25) is 0 Å². The average Bonchev–Trinajstić information content (AvgIpc) is 2.17. The molecule has 0 aromatic carbocycles. The highest BCUT2D eigenvalue weighted by Crippen LogP contribution is 2.32. The molecule has 80 valence electrons. The van der Waals surface area contributed by atoms with Crippen molar-refractivity contribution >= 4 is 11.9 Å². The number of nitrogens with zero attached hydrogens (tertiary/aromatic N) is 1. The molecule has 5 heteroatoms. The van der Waals surface area contributed by atoms with E-state index in [9.17, 15) is 14.0 Å². The lowest BCUT2D eigenvalue weighted by molar-refractivity contribution is -0.155. The van der Waals surface area contributed by atoms with E-state index in [4.69, 9.17) is 5.11 Å². The molecule has 14 heavy (non-hydrogen) atoms. The van der Waals surface area contributed by atoms with Gasteiger partial charge in [0.2, 0.25) is 5.91 Å². The minimum atomic E-state index is -1.26. The standard InChI is InChI=1S/C9H14FNO3/c1-7(12)11-4-2-9(6-10,3-5-11)8(13)14/h2-6H2,1H3,(H,13,14). The molecule has 0 aliphatic carbocycles. The Hall–Kier alpha value is -1.13. The van der Waals surface area contributed by atoms with E-state index in [-0.39, 0.29) is 18.7 Å². The van der Waals surface area contributed by atoms with Crippen molar-refractivity contribution < 1.29 is 19.1 Å². The Bertz CT molecular complexity index is 246. The molecule has 0 aromatic rings. The molecule has 1 aliphatic rings. The van der Waals surface area contributed by atoms with Crippen LogP contribution in [0.25, 0.3) is 0 Å². The van der Waals surface area contributed by atoms with Gasteiger partial charge in [0, 0.05) is 20.0 Å². The number of rotatable bonds is 2. The van der Waals surface area contributed by atoms with Gasteiger partial charge >= 0.3 is 5.97 Å². The van der Waals surface area contributed by atoms with E-state index in [1.165, 1.54) is 6.92 Å². The van der Waals surface area contributed by atoms with Gasteiger partial charge < -0.3 is 10.0 Å². The summed E-state index contributed by atoms with van der Waals surface area (Å²) in [6.45, 7) is 1.26. The Morgan fingerprint density at radius 1 is 1.43 bits per heavy atom. The van der Waals surface area contributed by atoms with Crippen molar-refractivity contribution in [2.24, 2.45) is 5.41 Å². The van der Waals surface area contributed by atoms with Crippen molar-refractivity contribution in [3.8, 4) is 0 Å². The Labute approximate surface area is 81.7 Å². The Balaban J connectivity index is 2.64. The third kappa shape index (κ3) is 1.86. The van der Waals surface area contributed by atoms with Gasteiger partial charge in [0.05, 0.1) is 5.41 Å². The zero-order valence-corrected chi connectivity index (χ0v) is 8.12. The van der Waals surface area contributed by atoms with Gasteiger partial charge in [0.25, 0.3) is 0 Å². The van der Waals surface area contributed by atoms with Crippen LogP contribution in [0.15, 0.2) is 0 Å². The summed E-state index contributed by atoms with van der Waals surface area (Å²) >= 11 is 0. The fourth-order valence-electron chi connectivity index (χ4n) is 1.65. The van der Waals surface area contributed by atoms with E-state index in [0.717, 1.165) is 0 Å². The largest absolute Gasteiger partial charge is 0.481 e. The third-order valence-electron chi connectivity index (χ3n) is 2.88. The van der Waals surface area contributed by atoms with Crippen molar-refractivity contribution in [1.82, 2.24) is 4.90 Å². The summed E-state index contributed by atoms with van der Waals surface area (Å²) in [5.41, 5.74) is -1.26. The molecule has 0 saturated carbocycles. The summed E-state index contributed by atoms with van der Waals surface area (Å²) in [5.74, 6) is -1.17. The van der Waals surface area contributed by atoms with E-state index in [1.807, 2.05) is 0 Å². The predicted octanol–water partition coefficient (Wildman–Crippen LogP) is 0.669. The Kier molecular flexibility index (Phi) is 3.08. The molecule has 0 bridgehead atoms. The van der Waals surface area contributed by atoms with Crippen molar-refractivity contribution in [3.05, 3.63) is 0 Å². The monoisotopic (exact) mass is 203 g/mol. The number of hydrogen-bond acceptors (Lipinski definition) is 2. The van der Waals surface area contributed by atoms with E-state index >= 15 is 0 Å². The molecule has 1 heterocycles. The van der Waals surface area contributed by atoms with Gasteiger partial charge in [0.15, 0.2) is 0 Å². The molecule has 0 radical (unpaired) electrons. The van der Waals surface area contributed by atoms with Crippen LogP contribution in [0, 0.1) is 5.41 Å². The highest BCUT2D eigenvalue weighted by molar-refractivity contribution is 5.77. The van der Waals surface area contributed by atoms with E-state index < -0.39 is 18.1 Å². The number of likely N-dealkylation sites (tertiary alicyclic amines) is 1. The smallest absolute Gasteiger partial charge is 0.312 e. The van der Waals surface area contributed by atoms with Crippen molar-refractivity contribution in [2.75, 3.05) is 19.8 Å². The first-order chi connectivity index (χ1) is 6.52. The lowest BCUT2D eigenvalue weighted by atomic mass is 9.79. The molecule has 1 N–H and O–H groups in total. The molecule has 4 nitrogen and oxygen atoms in total. The number of carboxylic acids is 1. The van der Waals surface area contributed by atoms with Crippen LogP contribution in [-0.2, 0) is 9.59 Å². The molecule has 0 atom stereocenters. The van der Waals surface area contributed by atoms with E-state index in [1.54, 1.807) is 4.90 Å². The average molecular weight is 203 g/mol. The first-order valence-electron chi connectivity index (χ1n) is 4.57. The SMILES string of the molecule is CC(=O)N1CCC(CF)(C(=O)O)CC1. The predicted molar refractivity (Wildman–Crippen MR) is 47.5 cm³/mol. The van der Waals surface area contributed by atoms with Crippen LogP contribution in [0.4, 0.5) is 4.39 Å².